The molecule has 0 atom stereocenters. The second-order valence-corrected chi connectivity index (χ2v) is 5.06. The lowest BCUT2D eigenvalue weighted by Gasteiger charge is -2.31. The molecular weight excluding hydrogens is 286 g/mol. The summed E-state index contributed by atoms with van der Waals surface area (Å²) >= 11 is 0. The van der Waals surface area contributed by atoms with Crippen LogP contribution in [0.1, 0.15) is 32.6 Å². The summed E-state index contributed by atoms with van der Waals surface area (Å²) < 4.78 is 10.5. The normalized spacial score (nSPS) is 15.4. The zero-order valence-electron chi connectivity index (χ0n) is 12.7. The monoisotopic (exact) mass is 307 g/mol. The first-order valence-electron chi connectivity index (χ1n) is 7.56. The van der Waals surface area contributed by atoms with Gasteiger partial charge in [0.25, 0.3) is 0 Å². The highest BCUT2D eigenvalue weighted by molar-refractivity contribution is 5.81. The number of piperidine rings is 1. The van der Waals surface area contributed by atoms with Gasteiger partial charge in [-0.05, 0) is 13.0 Å². The van der Waals surface area contributed by atoms with Crippen LogP contribution in [0.5, 0.6) is 5.88 Å². The first-order chi connectivity index (χ1) is 10.7. The molecular formula is C15H21N3O4. The second kappa shape index (κ2) is 8.31. The number of likely N-dealkylation sites (tertiary alicyclic amines) is 1. The van der Waals surface area contributed by atoms with Gasteiger partial charge in [0.1, 0.15) is 6.10 Å². The predicted molar refractivity (Wildman–Crippen MR) is 78.1 cm³/mol. The number of nitrogens with zero attached hydrogens (tertiary/aromatic N) is 3. The molecule has 2 rings (SSSR count). The number of rotatable bonds is 6. The lowest BCUT2D eigenvalue weighted by atomic mass is 10.1. The fourth-order valence-corrected chi connectivity index (χ4v) is 2.34. The Morgan fingerprint density at radius 3 is 2.73 bits per heavy atom. The largest absolute Gasteiger partial charge is 0.473 e. The predicted octanol–water partition coefficient (Wildman–Crippen LogP) is 1.19. The van der Waals surface area contributed by atoms with Gasteiger partial charge in [-0.25, -0.2) is 0 Å². The van der Waals surface area contributed by atoms with Crippen LogP contribution >= 0.6 is 0 Å². The van der Waals surface area contributed by atoms with Crippen LogP contribution in [-0.4, -0.2) is 52.8 Å². The molecule has 1 aromatic rings. The lowest BCUT2D eigenvalue weighted by Crippen LogP contribution is -2.42. The van der Waals surface area contributed by atoms with Gasteiger partial charge in [0.05, 0.1) is 13.0 Å². The molecule has 0 bridgehead atoms. The number of hydrogen-bond acceptors (Lipinski definition) is 6. The molecule has 7 nitrogen and oxygen atoms in total. The second-order valence-electron chi connectivity index (χ2n) is 5.06. The van der Waals surface area contributed by atoms with Gasteiger partial charge < -0.3 is 14.4 Å². The van der Waals surface area contributed by atoms with E-state index < -0.39 is 0 Å². The summed E-state index contributed by atoms with van der Waals surface area (Å²) in [6.07, 6.45) is 3.49. The van der Waals surface area contributed by atoms with E-state index in [-0.39, 0.29) is 30.8 Å². The minimum Gasteiger partial charge on any atom is -0.473 e. The summed E-state index contributed by atoms with van der Waals surface area (Å²) in [4.78, 5) is 25.1. The van der Waals surface area contributed by atoms with Crippen molar-refractivity contribution in [2.45, 2.75) is 38.7 Å². The number of carbonyl (C=O) groups is 2. The quantitative estimate of drug-likeness (QED) is 0.734. The van der Waals surface area contributed by atoms with Gasteiger partial charge in [-0.15, -0.1) is 5.10 Å². The highest BCUT2D eigenvalue weighted by Gasteiger charge is 2.24. The highest BCUT2D eigenvalue weighted by Crippen LogP contribution is 2.17. The van der Waals surface area contributed by atoms with E-state index in [0.717, 1.165) is 12.8 Å². The zero-order chi connectivity index (χ0) is 15.8. The molecule has 1 aliphatic heterocycles. The molecule has 0 saturated carbocycles. The third kappa shape index (κ3) is 4.98. The molecule has 0 unspecified atom stereocenters. The van der Waals surface area contributed by atoms with Gasteiger partial charge >= 0.3 is 5.97 Å². The molecule has 0 N–H and O–H groups in total. The van der Waals surface area contributed by atoms with E-state index in [1.54, 1.807) is 30.2 Å². The Labute approximate surface area is 129 Å². The van der Waals surface area contributed by atoms with Gasteiger partial charge in [0.15, 0.2) is 0 Å². The molecule has 0 aliphatic carbocycles. The van der Waals surface area contributed by atoms with Crippen LogP contribution < -0.4 is 4.74 Å². The van der Waals surface area contributed by atoms with Crippen molar-refractivity contribution in [1.29, 1.82) is 0 Å². The summed E-state index contributed by atoms with van der Waals surface area (Å²) in [6.45, 7) is 3.36. The average molecular weight is 307 g/mol. The number of amides is 1. The van der Waals surface area contributed by atoms with Crippen molar-refractivity contribution in [2.24, 2.45) is 0 Å². The van der Waals surface area contributed by atoms with Crippen molar-refractivity contribution < 1.29 is 19.1 Å². The van der Waals surface area contributed by atoms with Gasteiger partial charge in [0, 0.05) is 44.6 Å². The van der Waals surface area contributed by atoms with E-state index in [9.17, 15) is 9.59 Å². The molecule has 2 heterocycles. The molecule has 120 valence electrons. The molecule has 0 aromatic carbocycles. The summed E-state index contributed by atoms with van der Waals surface area (Å²) in [5.41, 5.74) is 0. The Kier molecular flexibility index (Phi) is 6.12. The summed E-state index contributed by atoms with van der Waals surface area (Å²) in [6, 6.07) is 3.54. The number of aromatic nitrogens is 2. The van der Waals surface area contributed by atoms with Gasteiger partial charge in [-0.1, -0.05) is 0 Å². The van der Waals surface area contributed by atoms with Crippen LogP contribution in [0.15, 0.2) is 18.3 Å². The van der Waals surface area contributed by atoms with E-state index in [4.69, 9.17) is 9.47 Å². The Morgan fingerprint density at radius 1 is 1.32 bits per heavy atom. The number of carbonyl (C=O) groups excluding carboxylic acids is 2. The van der Waals surface area contributed by atoms with Gasteiger partial charge in [-0.3, -0.25) is 9.59 Å². The maximum Gasteiger partial charge on any atom is 0.306 e. The topological polar surface area (TPSA) is 81.6 Å². The van der Waals surface area contributed by atoms with Crippen LogP contribution in [0.4, 0.5) is 0 Å². The number of ether oxygens (including phenoxy) is 2. The first kappa shape index (κ1) is 16.2. The molecule has 1 saturated heterocycles. The van der Waals surface area contributed by atoms with Crippen LogP contribution in [0.25, 0.3) is 0 Å². The third-order valence-electron chi connectivity index (χ3n) is 3.48. The minimum atomic E-state index is -0.322. The van der Waals surface area contributed by atoms with Crippen LogP contribution in [0.3, 0.4) is 0 Å². The summed E-state index contributed by atoms with van der Waals surface area (Å²) in [5, 5.41) is 7.66. The molecule has 7 heteroatoms. The Morgan fingerprint density at radius 2 is 2.09 bits per heavy atom. The molecule has 22 heavy (non-hydrogen) atoms. The molecule has 0 spiro atoms. The average Bonchev–Trinajstić information content (AvgIpc) is 2.54. The van der Waals surface area contributed by atoms with Crippen molar-refractivity contribution in [3.63, 3.8) is 0 Å². The molecule has 1 aromatic heterocycles. The van der Waals surface area contributed by atoms with Gasteiger partial charge in [-0.2, -0.15) is 5.10 Å². The molecule has 1 amide bonds. The SMILES string of the molecule is CCOC(=O)CCC(=O)N1CCC(Oc2cccnn2)CC1. The molecule has 0 radical (unpaired) electrons. The van der Waals surface area contributed by atoms with E-state index >= 15 is 0 Å². The molecule has 1 fully saturated rings. The summed E-state index contributed by atoms with van der Waals surface area (Å²) in [5.74, 6) is 0.178. The molecule has 1 aliphatic rings. The lowest BCUT2D eigenvalue weighted by molar-refractivity contribution is -0.146. The van der Waals surface area contributed by atoms with Crippen molar-refractivity contribution in [3.05, 3.63) is 18.3 Å². The Hall–Kier alpha value is -2.18. The van der Waals surface area contributed by atoms with Crippen molar-refractivity contribution >= 4 is 11.9 Å². The first-order valence-corrected chi connectivity index (χ1v) is 7.56. The summed E-state index contributed by atoms with van der Waals surface area (Å²) in [7, 11) is 0. The highest BCUT2D eigenvalue weighted by atomic mass is 16.5. The minimum absolute atomic E-state index is 0.00833. The van der Waals surface area contributed by atoms with Gasteiger partial charge in [0.2, 0.25) is 11.8 Å². The van der Waals surface area contributed by atoms with Crippen LogP contribution in [0.2, 0.25) is 0 Å². The maximum absolute atomic E-state index is 12.0. The third-order valence-corrected chi connectivity index (χ3v) is 3.48. The standard InChI is InChI=1S/C15H21N3O4/c1-2-21-15(20)6-5-14(19)18-10-7-12(8-11-18)22-13-4-3-9-16-17-13/h3-4,9,12H,2,5-8,10-11H2,1H3. The van der Waals surface area contributed by atoms with E-state index in [1.807, 2.05) is 0 Å². The Bertz CT molecular complexity index is 487. The van der Waals surface area contributed by atoms with E-state index in [2.05, 4.69) is 10.2 Å². The maximum atomic E-state index is 12.0. The van der Waals surface area contributed by atoms with Crippen LogP contribution in [-0.2, 0) is 14.3 Å². The van der Waals surface area contributed by atoms with Crippen molar-refractivity contribution in [3.8, 4) is 5.88 Å². The zero-order valence-corrected chi connectivity index (χ0v) is 12.7. The fourth-order valence-electron chi connectivity index (χ4n) is 2.34. The number of hydrogen-bond donors (Lipinski definition) is 0. The van der Waals surface area contributed by atoms with Crippen LogP contribution in [0, 0.1) is 0 Å². The smallest absolute Gasteiger partial charge is 0.306 e. The fraction of sp³-hybridized carbons (Fsp3) is 0.600. The number of esters is 1. The van der Waals surface area contributed by atoms with E-state index in [0.29, 0.717) is 25.6 Å². The van der Waals surface area contributed by atoms with E-state index in [1.165, 1.54) is 0 Å². The Balaban J connectivity index is 1.70. The van der Waals surface area contributed by atoms with Crippen molar-refractivity contribution in [2.75, 3.05) is 19.7 Å². The van der Waals surface area contributed by atoms with Crippen molar-refractivity contribution in [1.82, 2.24) is 15.1 Å².